The molecule has 1 atom stereocenters. The second kappa shape index (κ2) is 9.72. The highest BCUT2D eigenvalue weighted by atomic mass is 32.2. The molecule has 3 heterocycles. The number of sulfonamides is 1. The van der Waals surface area contributed by atoms with E-state index in [2.05, 4.69) is 4.90 Å². The van der Waals surface area contributed by atoms with Gasteiger partial charge < -0.3 is 9.80 Å². The van der Waals surface area contributed by atoms with Crippen LogP contribution in [0.5, 0.6) is 0 Å². The van der Waals surface area contributed by atoms with E-state index >= 15 is 0 Å². The zero-order valence-electron chi connectivity index (χ0n) is 20.0. The van der Waals surface area contributed by atoms with Gasteiger partial charge in [-0.25, -0.2) is 8.42 Å². The third-order valence-corrected chi connectivity index (χ3v) is 9.38. The molecular formula is C24H36N4O4S. The van der Waals surface area contributed by atoms with Crippen molar-refractivity contribution in [3.05, 3.63) is 28.8 Å². The number of piperazine rings is 1. The van der Waals surface area contributed by atoms with E-state index in [0.717, 1.165) is 42.6 Å². The second-order valence-electron chi connectivity index (χ2n) is 9.69. The number of carbonyl (C=O) groups is 2. The highest BCUT2D eigenvalue weighted by Gasteiger charge is 2.42. The van der Waals surface area contributed by atoms with Gasteiger partial charge >= 0.3 is 0 Å². The molecule has 2 amide bonds. The van der Waals surface area contributed by atoms with E-state index in [-0.39, 0.29) is 11.8 Å². The lowest BCUT2D eigenvalue weighted by Crippen LogP contribution is -2.55. The summed E-state index contributed by atoms with van der Waals surface area (Å²) in [5.41, 5.74) is 2.47. The molecule has 0 aromatic heterocycles. The predicted molar refractivity (Wildman–Crippen MR) is 126 cm³/mol. The lowest BCUT2D eigenvalue weighted by molar-refractivity contribution is -0.137. The van der Waals surface area contributed by atoms with Crippen LogP contribution in [0.3, 0.4) is 0 Å². The number of carbonyl (C=O) groups excluding carboxylic acids is 2. The Hall–Kier alpha value is -1.97. The van der Waals surface area contributed by atoms with Gasteiger partial charge in [-0.2, -0.15) is 4.31 Å². The molecule has 0 spiro atoms. The Morgan fingerprint density at radius 1 is 0.848 bits per heavy atom. The van der Waals surface area contributed by atoms with Crippen molar-refractivity contribution in [3.63, 3.8) is 0 Å². The van der Waals surface area contributed by atoms with Gasteiger partial charge in [-0.3, -0.25) is 14.5 Å². The summed E-state index contributed by atoms with van der Waals surface area (Å²) in [6, 6.07) is 3.12. The Morgan fingerprint density at radius 2 is 1.45 bits per heavy atom. The quantitative estimate of drug-likeness (QED) is 0.644. The Morgan fingerprint density at radius 3 is 2.06 bits per heavy atom. The molecule has 0 N–H and O–H groups in total. The number of aryl methyl sites for hydroxylation is 3. The highest BCUT2D eigenvalue weighted by molar-refractivity contribution is 7.89. The van der Waals surface area contributed by atoms with Gasteiger partial charge in [0.1, 0.15) is 6.04 Å². The molecule has 3 aliphatic rings. The summed E-state index contributed by atoms with van der Waals surface area (Å²) in [4.78, 5) is 32.0. The molecule has 1 unspecified atom stereocenters. The van der Waals surface area contributed by atoms with Gasteiger partial charge in [0.05, 0.1) is 11.4 Å². The van der Waals surface area contributed by atoms with Crippen molar-refractivity contribution in [1.29, 1.82) is 0 Å². The Bertz CT molecular complexity index is 988. The first-order valence-electron chi connectivity index (χ1n) is 12.1. The molecule has 1 aromatic rings. The first kappa shape index (κ1) is 24.2. The molecule has 0 aliphatic carbocycles. The topological polar surface area (TPSA) is 81.2 Å². The third kappa shape index (κ3) is 4.95. The van der Waals surface area contributed by atoms with Crippen LogP contribution in [-0.2, 0) is 19.6 Å². The lowest BCUT2D eigenvalue weighted by atomic mass is 10.1. The summed E-state index contributed by atoms with van der Waals surface area (Å²) < 4.78 is 28.6. The maximum atomic E-state index is 13.6. The Labute approximate surface area is 197 Å². The second-order valence-corrected chi connectivity index (χ2v) is 11.5. The molecule has 8 nitrogen and oxygen atoms in total. The van der Waals surface area contributed by atoms with Crippen molar-refractivity contribution in [2.75, 3.05) is 52.4 Å². The molecule has 0 saturated carbocycles. The zero-order valence-corrected chi connectivity index (χ0v) is 20.9. The van der Waals surface area contributed by atoms with Gasteiger partial charge in [-0.1, -0.05) is 17.7 Å². The van der Waals surface area contributed by atoms with Crippen LogP contribution in [0.25, 0.3) is 0 Å². The SMILES string of the molecule is Cc1cc(C)c(S(=O)(=O)N2CCCC2C(=O)N2CCN(CC(=O)N3CCCC3)CC2)c(C)c1. The summed E-state index contributed by atoms with van der Waals surface area (Å²) in [7, 11) is -3.76. The fraction of sp³-hybridized carbons (Fsp3) is 0.667. The van der Waals surface area contributed by atoms with Crippen LogP contribution >= 0.6 is 0 Å². The molecule has 9 heteroatoms. The molecule has 182 valence electrons. The molecule has 4 rings (SSSR count). The fourth-order valence-electron chi connectivity index (χ4n) is 5.56. The zero-order chi connectivity index (χ0) is 23.8. The Kier molecular flexibility index (Phi) is 7.12. The Balaban J connectivity index is 1.41. The van der Waals surface area contributed by atoms with Crippen molar-refractivity contribution >= 4 is 21.8 Å². The molecule has 3 fully saturated rings. The maximum absolute atomic E-state index is 13.6. The number of amides is 2. The minimum absolute atomic E-state index is 0.107. The van der Waals surface area contributed by atoms with E-state index in [9.17, 15) is 18.0 Å². The number of benzene rings is 1. The summed E-state index contributed by atoms with van der Waals surface area (Å²) >= 11 is 0. The van der Waals surface area contributed by atoms with Gasteiger partial charge in [0, 0.05) is 45.8 Å². The van der Waals surface area contributed by atoms with Crippen molar-refractivity contribution in [2.45, 2.75) is 57.4 Å². The highest BCUT2D eigenvalue weighted by Crippen LogP contribution is 2.31. The number of hydrogen-bond donors (Lipinski definition) is 0. The fourth-order valence-corrected chi connectivity index (χ4v) is 7.63. The van der Waals surface area contributed by atoms with Crippen molar-refractivity contribution in [3.8, 4) is 0 Å². The van der Waals surface area contributed by atoms with Crippen LogP contribution < -0.4 is 0 Å². The van der Waals surface area contributed by atoms with Crippen molar-refractivity contribution in [1.82, 2.24) is 19.0 Å². The van der Waals surface area contributed by atoms with Gasteiger partial charge in [0.2, 0.25) is 21.8 Å². The summed E-state index contributed by atoms with van der Waals surface area (Å²) in [5, 5.41) is 0. The summed E-state index contributed by atoms with van der Waals surface area (Å²) in [6.07, 6.45) is 3.40. The molecule has 33 heavy (non-hydrogen) atoms. The standard InChI is InChI=1S/C24H36N4O4S/c1-18-15-19(2)23(20(3)16-18)33(31,32)28-10-6-7-21(28)24(30)27-13-11-25(12-14-27)17-22(29)26-8-4-5-9-26/h15-16,21H,4-14,17H2,1-3H3. The van der Waals surface area contributed by atoms with E-state index in [0.29, 0.717) is 57.0 Å². The minimum atomic E-state index is -3.76. The average Bonchev–Trinajstić information content (AvgIpc) is 3.45. The largest absolute Gasteiger partial charge is 0.342 e. The maximum Gasteiger partial charge on any atom is 0.244 e. The van der Waals surface area contributed by atoms with Crippen LogP contribution in [0, 0.1) is 20.8 Å². The van der Waals surface area contributed by atoms with E-state index in [1.165, 1.54) is 4.31 Å². The van der Waals surface area contributed by atoms with Crippen LogP contribution in [0.1, 0.15) is 42.4 Å². The normalized spacial score (nSPS) is 22.8. The first-order valence-corrected chi connectivity index (χ1v) is 13.5. The monoisotopic (exact) mass is 476 g/mol. The lowest BCUT2D eigenvalue weighted by Gasteiger charge is -2.37. The summed E-state index contributed by atoms with van der Waals surface area (Å²) in [6.45, 7) is 10.4. The molecule has 3 saturated heterocycles. The van der Waals surface area contributed by atoms with Crippen LogP contribution in [0.2, 0.25) is 0 Å². The van der Waals surface area contributed by atoms with Crippen molar-refractivity contribution < 1.29 is 18.0 Å². The van der Waals surface area contributed by atoms with Gasteiger partial charge in [-0.05, 0) is 57.6 Å². The number of nitrogens with zero attached hydrogens (tertiary/aromatic N) is 4. The molecule has 0 bridgehead atoms. The molecule has 0 radical (unpaired) electrons. The smallest absolute Gasteiger partial charge is 0.244 e. The van der Waals surface area contributed by atoms with Crippen LogP contribution in [0.15, 0.2) is 17.0 Å². The average molecular weight is 477 g/mol. The van der Waals surface area contributed by atoms with E-state index in [4.69, 9.17) is 0 Å². The van der Waals surface area contributed by atoms with Gasteiger partial charge in [0.15, 0.2) is 0 Å². The number of rotatable bonds is 5. The first-order chi connectivity index (χ1) is 15.7. The third-order valence-electron chi connectivity index (χ3n) is 7.16. The number of likely N-dealkylation sites (tertiary alicyclic amines) is 1. The molecular weight excluding hydrogens is 440 g/mol. The van der Waals surface area contributed by atoms with Crippen molar-refractivity contribution in [2.24, 2.45) is 0 Å². The number of hydrogen-bond acceptors (Lipinski definition) is 5. The molecule has 1 aromatic carbocycles. The minimum Gasteiger partial charge on any atom is -0.342 e. The van der Waals surface area contributed by atoms with Gasteiger partial charge in [-0.15, -0.1) is 0 Å². The van der Waals surface area contributed by atoms with Crippen LogP contribution in [0.4, 0.5) is 0 Å². The van der Waals surface area contributed by atoms with E-state index < -0.39 is 16.1 Å². The van der Waals surface area contributed by atoms with Crippen LogP contribution in [-0.4, -0.2) is 97.6 Å². The predicted octanol–water partition coefficient (Wildman–Crippen LogP) is 1.53. The summed E-state index contributed by atoms with van der Waals surface area (Å²) in [5.74, 6) is 0.0631. The van der Waals surface area contributed by atoms with Gasteiger partial charge in [0.25, 0.3) is 0 Å². The molecule has 3 aliphatic heterocycles. The van der Waals surface area contributed by atoms with E-state index in [1.54, 1.807) is 4.90 Å². The van der Waals surface area contributed by atoms with E-state index in [1.807, 2.05) is 37.8 Å².